The maximum atomic E-state index is 13.3. The highest BCUT2D eigenvalue weighted by atomic mass is 35.5. The van der Waals surface area contributed by atoms with Gasteiger partial charge in [0.1, 0.15) is 12.2 Å². The van der Waals surface area contributed by atoms with Crippen molar-refractivity contribution in [2.45, 2.75) is 12.8 Å². The first-order valence-electron chi connectivity index (χ1n) is 11.3. The minimum atomic E-state index is -4.80. The molecule has 1 fully saturated rings. The normalized spacial score (nSPS) is 14.7. The van der Waals surface area contributed by atoms with Gasteiger partial charge in [0.15, 0.2) is 11.5 Å². The molecule has 1 aliphatic heterocycles. The molecule has 0 aromatic heterocycles. The van der Waals surface area contributed by atoms with Gasteiger partial charge in [0.2, 0.25) is 0 Å². The van der Waals surface area contributed by atoms with Crippen LogP contribution in [-0.4, -0.2) is 29.9 Å². The summed E-state index contributed by atoms with van der Waals surface area (Å²) in [5, 5.41) is 12.5. The van der Waals surface area contributed by atoms with Gasteiger partial charge in [-0.2, -0.15) is 13.2 Å². The fourth-order valence-corrected chi connectivity index (χ4v) is 4.26. The number of nitro groups is 1. The van der Waals surface area contributed by atoms with Crippen LogP contribution in [-0.2, 0) is 22.4 Å². The molecule has 4 rings (SSSR count). The Bertz CT molecular complexity index is 1630. The van der Waals surface area contributed by atoms with E-state index in [1.165, 1.54) is 37.4 Å². The number of barbiturate groups is 1. The summed E-state index contributed by atoms with van der Waals surface area (Å²) in [6.07, 6.45) is -3.74. The monoisotopic (exact) mass is 609 g/mol. The second kappa shape index (κ2) is 11.5. The number of alkyl halides is 3. The minimum absolute atomic E-state index is 0.0286. The third-order valence-corrected chi connectivity index (χ3v) is 6.28. The number of non-ortho nitro benzene ring substituents is 1. The summed E-state index contributed by atoms with van der Waals surface area (Å²) < 4.78 is 50.8. The fraction of sp³-hybridized carbons (Fsp3) is 0.115. The number of urea groups is 1. The molecule has 0 saturated carbocycles. The number of halogens is 5. The van der Waals surface area contributed by atoms with Crippen LogP contribution in [0.1, 0.15) is 16.7 Å². The van der Waals surface area contributed by atoms with Crippen molar-refractivity contribution in [3.8, 4) is 11.5 Å². The molecule has 1 aliphatic rings. The van der Waals surface area contributed by atoms with Crippen molar-refractivity contribution in [3.05, 3.63) is 97.0 Å². The Morgan fingerprint density at radius 2 is 1.78 bits per heavy atom. The van der Waals surface area contributed by atoms with Gasteiger partial charge in [0.25, 0.3) is 17.5 Å². The molecular formula is C26H16Cl2F3N3O7. The Hall–Kier alpha value is -4.62. The SMILES string of the molecule is COc1cc(/C=C2/C(=O)NC(=O)N(c3cc(C(F)(F)F)ccc3Cl)C2=O)cc(Cl)c1OCc1cccc([N+](=O)[O-])c1. The van der Waals surface area contributed by atoms with Gasteiger partial charge in [-0.3, -0.25) is 25.0 Å². The third kappa shape index (κ3) is 6.26. The summed E-state index contributed by atoms with van der Waals surface area (Å²) in [5.74, 6) is -2.23. The molecule has 212 valence electrons. The molecule has 0 bridgehead atoms. The molecule has 41 heavy (non-hydrogen) atoms. The smallest absolute Gasteiger partial charge is 0.416 e. The van der Waals surface area contributed by atoms with Crippen molar-refractivity contribution >= 4 is 58.5 Å². The van der Waals surface area contributed by atoms with Crippen LogP contribution >= 0.6 is 23.2 Å². The van der Waals surface area contributed by atoms with Crippen molar-refractivity contribution in [2.24, 2.45) is 0 Å². The molecule has 0 atom stereocenters. The topological polar surface area (TPSA) is 128 Å². The van der Waals surface area contributed by atoms with Gasteiger partial charge in [-0.15, -0.1) is 0 Å². The fourth-order valence-electron chi connectivity index (χ4n) is 3.78. The molecular weight excluding hydrogens is 594 g/mol. The summed E-state index contributed by atoms with van der Waals surface area (Å²) in [5.41, 5.74) is -1.90. The Balaban J connectivity index is 1.66. The molecule has 1 N–H and O–H groups in total. The Morgan fingerprint density at radius 1 is 1.05 bits per heavy atom. The number of nitrogens with zero attached hydrogens (tertiary/aromatic N) is 2. The standard InChI is InChI=1S/C26H16Cl2F3N3O7/c1-40-21-10-14(9-19(28)22(21)41-12-13-3-2-4-16(7-13)34(38)39)8-17-23(35)32-25(37)33(24(17)36)20-11-15(26(29,30)31)5-6-18(20)27/h2-11H,12H2,1H3,(H,32,35,37)/b17-8-. The van der Waals surface area contributed by atoms with Gasteiger partial charge in [-0.1, -0.05) is 35.3 Å². The first-order valence-corrected chi connectivity index (χ1v) is 12.1. The number of imide groups is 2. The third-order valence-electron chi connectivity index (χ3n) is 5.68. The van der Waals surface area contributed by atoms with Gasteiger partial charge < -0.3 is 9.47 Å². The van der Waals surface area contributed by atoms with Crippen molar-refractivity contribution in [1.82, 2.24) is 5.32 Å². The van der Waals surface area contributed by atoms with Crippen LogP contribution in [0.4, 0.5) is 29.3 Å². The van der Waals surface area contributed by atoms with E-state index in [9.17, 15) is 37.7 Å². The number of carbonyl (C=O) groups is 3. The lowest BCUT2D eigenvalue weighted by Gasteiger charge is -2.27. The van der Waals surface area contributed by atoms with Crippen LogP contribution in [0.2, 0.25) is 10.0 Å². The van der Waals surface area contributed by atoms with Crippen molar-refractivity contribution in [3.63, 3.8) is 0 Å². The van der Waals surface area contributed by atoms with Crippen molar-refractivity contribution in [1.29, 1.82) is 0 Å². The number of ether oxygens (including phenoxy) is 2. The summed E-state index contributed by atoms with van der Waals surface area (Å²) >= 11 is 12.4. The number of amides is 4. The predicted molar refractivity (Wildman–Crippen MR) is 141 cm³/mol. The maximum absolute atomic E-state index is 13.3. The van der Waals surface area contributed by atoms with E-state index in [2.05, 4.69) is 0 Å². The maximum Gasteiger partial charge on any atom is 0.416 e. The summed E-state index contributed by atoms with van der Waals surface area (Å²) in [4.78, 5) is 49.0. The molecule has 1 saturated heterocycles. The zero-order chi connectivity index (χ0) is 30.1. The molecule has 1 heterocycles. The predicted octanol–water partition coefficient (Wildman–Crippen LogP) is 6.17. The molecule has 0 spiro atoms. The second-order valence-electron chi connectivity index (χ2n) is 8.37. The summed E-state index contributed by atoms with van der Waals surface area (Å²) in [6, 6.07) is 9.14. The van der Waals surface area contributed by atoms with E-state index in [4.69, 9.17) is 32.7 Å². The number of rotatable bonds is 7. The lowest BCUT2D eigenvalue weighted by Crippen LogP contribution is -2.54. The number of nitrogens with one attached hydrogen (secondary N) is 1. The van der Waals surface area contributed by atoms with E-state index in [0.717, 1.165) is 12.1 Å². The van der Waals surface area contributed by atoms with Crippen LogP contribution in [0.5, 0.6) is 11.5 Å². The Labute approximate surface area is 239 Å². The highest BCUT2D eigenvalue weighted by Gasteiger charge is 2.39. The van der Waals surface area contributed by atoms with Gasteiger partial charge >= 0.3 is 12.2 Å². The molecule has 3 aromatic rings. The number of carbonyl (C=O) groups excluding carboxylic acids is 3. The average molecular weight is 610 g/mol. The first kappa shape index (κ1) is 29.4. The van der Waals surface area contributed by atoms with Crippen LogP contribution in [0, 0.1) is 10.1 Å². The van der Waals surface area contributed by atoms with Gasteiger partial charge in [0, 0.05) is 12.1 Å². The zero-order valence-corrected chi connectivity index (χ0v) is 22.1. The Morgan fingerprint density at radius 3 is 2.44 bits per heavy atom. The van der Waals surface area contributed by atoms with E-state index in [-0.39, 0.29) is 39.4 Å². The number of anilines is 1. The van der Waals surface area contributed by atoms with E-state index >= 15 is 0 Å². The second-order valence-corrected chi connectivity index (χ2v) is 9.19. The first-order chi connectivity index (χ1) is 19.3. The number of hydrogen-bond donors (Lipinski definition) is 1. The summed E-state index contributed by atoms with van der Waals surface area (Å²) in [7, 11) is 1.29. The Kier molecular flexibility index (Phi) is 8.22. The largest absolute Gasteiger partial charge is 0.493 e. The van der Waals surface area contributed by atoms with E-state index in [1.54, 1.807) is 6.07 Å². The highest BCUT2D eigenvalue weighted by molar-refractivity contribution is 6.42. The van der Waals surface area contributed by atoms with E-state index in [1.807, 2.05) is 5.32 Å². The lowest BCUT2D eigenvalue weighted by atomic mass is 10.1. The molecule has 0 radical (unpaired) electrons. The molecule has 15 heteroatoms. The van der Waals surface area contributed by atoms with Gasteiger partial charge in [0.05, 0.1) is 33.3 Å². The summed E-state index contributed by atoms with van der Waals surface area (Å²) in [6.45, 7) is -0.117. The average Bonchev–Trinajstić information content (AvgIpc) is 2.90. The van der Waals surface area contributed by atoms with Crippen LogP contribution < -0.4 is 19.7 Å². The molecule has 3 aromatic carbocycles. The highest BCUT2D eigenvalue weighted by Crippen LogP contribution is 2.39. The van der Waals surface area contributed by atoms with E-state index in [0.29, 0.717) is 22.6 Å². The van der Waals surface area contributed by atoms with Crippen molar-refractivity contribution in [2.75, 3.05) is 12.0 Å². The molecule has 10 nitrogen and oxygen atoms in total. The molecule has 0 aliphatic carbocycles. The number of nitro benzene ring substituents is 1. The number of hydrogen-bond acceptors (Lipinski definition) is 7. The van der Waals surface area contributed by atoms with Gasteiger partial charge in [-0.05, 0) is 47.5 Å². The van der Waals surface area contributed by atoms with Crippen LogP contribution in [0.25, 0.3) is 6.08 Å². The molecule has 4 amide bonds. The quantitative estimate of drug-likeness (QED) is 0.147. The zero-order valence-electron chi connectivity index (χ0n) is 20.6. The lowest BCUT2D eigenvalue weighted by molar-refractivity contribution is -0.384. The van der Waals surface area contributed by atoms with Crippen LogP contribution in [0.15, 0.2) is 60.2 Å². The van der Waals surface area contributed by atoms with Crippen LogP contribution in [0.3, 0.4) is 0 Å². The minimum Gasteiger partial charge on any atom is -0.493 e. The number of benzene rings is 3. The van der Waals surface area contributed by atoms with Gasteiger partial charge in [-0.25, -0.2) is 9.69 Å². The number of methoxy groups -OCH3 is 1. The van der Waals surface area contributed by atoms with Crippen molar-refractivity contribution < 1.29 is 42.0 Å². The molecule has 0 unspecified atom stereocenters. The van der Waals surface area contributed by atoms with E-state index < -0.39 is 45.8 Å².